The molecule has 1 saturated heterocycles. The third-order valence-corrected chi connectivity index (χ3v) is 5.43. The molecule has 0 aromatic carbocycles. The minimum atomic E-state index is -3.13. The van der Waals surface area contributed by atoms with E-state index in [0.717, 1.165) is 0 Å². The Balaban J connectivity index is 2.70. The van der Waals surface area contributed by atoms with Crippen LogP contribution in [-0.4, -0.2) is 48.1 Å². The number of urea groups is 1. The zero-order chi connectivity index (χ0) is 15.6. The summed E-state index contributed by atoms with van der Waals surface area (Å²) >= 11 is 0. The smallest absolute Gasteiger partial charge is 0.329 e. The van der Waals surface area contributed by atoms with Gasteiger partial charge in [-0.05, 0) is 26.7 Å². The van der Waals surface area contributed by atoms with Crippen molar-refractivity contribution in [3.63, 3.8) is 0 Å². The lowest BCUT2D eigenvalue weighted by Crippen LogP contribution is -2.59. The number of carboxylic acid groups (broad SMARTS) is 1. The van der Waals surface area contributed by atoms with Crippen molar-refractivity contribution in [2.45, 2.75) is 51.1 Å². The Morgan fingerprint density at radius 2 is 2.00 bits per heavy atom. The van der Waals surface area contributed by atoms with Crippen molar-refractivity contribution in [3.8, 4) is 0 Å². The van der Waals surface area contributed by atoms with Crippen LogP contribution < -0.4 is 10.6 Å². The molecule has 1 rings (SSSR count). The quantitative estimate of drug-likeness (QED) is 0.685. The van der Waals surface area contributed by atoms with Crippen LogP contribution in [0.4, 0.5) is 4.79 Å². The second kappa shape index (κ2) is 5.59. The van der Waals surface area contributed by atoms with Crippen molar-refractivity contribution in [2.75, 3.05) is 11.5 Å². The average molecular weight is 306 g/mol. The maximum absolute atomic E-state index is 11.9. The number of carbonyl (C=O) groups excluding carboxylic acids is 1. The largest absolute Gasteiger partial charge is 0.480 e. The Morgan fingerprint density at radius 3 is 2.40 bits per heavy atom. The van der Waals surface area contributed by atoms with Crippen molar-refractivity contribution >= 4 is 21.8 Å². The first-order valence-electron chi connectivity index (χ1n) is 6.56. The van der Waals surface area contributed by atoms with Crippen LogP contribution in [0.3, 0.4) is 0 Å². The molecule has 2 atom stereocenters. The molecule has 2 unspecified atom stereocenters. The fourth-order valence-electron chi connectivity index (χ4n) is 2.39. The van der Waals surface area contributed by atoms with Gasteiger partial charge in [0.25, 0.3) is 0 Å². The maximum atomic E-state index is 11.9. The molecule has 0 aromatic rings. The van der Waals surface area contributed by atoms with E-state index in [0.29, 0.717) is 19.3 Å². The predicted octanol–water partition coefficient (Wildman–Crippen LogP) is 0.506. The Labute approximate surface area is 119 Å². The van der Waals surface area contributed by atoms with E-state index in [1.165, 1.54) is 6.92 Å². The summed E-state index contributed by atoms with van der Waals surface area (Å²) in [7, 11) is -3.13. The molecule has 1 aliphatic heterocycles. The lowest BCUT2D eigenvalue weighted by Gasteiger charge is -2.30. The van der Waals surface area contributed by atoms with Gasteiger partial charge in [0.1, 0.15) is 5.54 Å². The fraction of sp³-hybridized carbons (Fsp3) is 0.833. The lowest BCUT2D eigenvalue weighted by atomic mass is 9.96. The highest BCUT2D eigenvalue weighted by atomic mass is 32.2. The van der Waals surface area contributed by atoms with Gasteiger partial charge in [0.2, 0.25) is 0 Å². The maximum Gasteiger partial charge on any atom is 0.329 e. The summed E-state index contributed by atoms with van der Waals surface area (Å²) < 4.78 is 22.9. The van der Waals surface area contributed by atoms with E-state index in [4.69, 9.17) is 0 Å². The van der Waals surface area contributed by atoms with Crippen LogP contribution in [0.2, 0.25) is 0 Å². The van der Waals surface area contributed by atoms with E-state index in [1.807, 2.05) is 6.92 Å². The summed E-state index contributed by atoms with van der Waals surface area (Å²) in [5.74, 6) is -1.20. The Morgan fingerprint density at radius 1 is 1.40 bits per heavy atom. The average Bonchev–Trinajstić information content (AvgIpc) is 2.52. The number of rotatable bonds is 5. The van der Waals surface area contributed by atoms with Crippen LogP contribution >= 0.6 is 0 Å². The van der Waals surface area contributed by atoms with Gasteiger partial charge in [-0.25, -0.2) is 18.0 Å². The van der Waals surface area contributed by atoms with Crippen LogP contribution in [-0.2, 0) is 14.6 Å². The third kappa shape index (κ3) is 4.09. The number of carboxylic acids is 1. The first-order valence-corrected chi connectivity index (χ1v) is 8.38. The summed E-state index contributed by atoms with van der Waals surface area (Å²) in [5, 5.41) is 14.2. The fourth-order valence-corrected chi connectivity index (χ4v) is 4.48. The number of carbonyl (C=O) groups is 2. The molecule has 0 spiro atoms. The molecular formula is C12H22N2O5S. The SMILES string of the molecule is CCCC(C)(NC(=O)NC1(C)CCS(=O)(=O)C1)C(=O)O. The minimum absolute atomic E-state index is 0.0366. The Kier molecular flexibility index (Phi) is 4.68. The number of aliphatic carboxylic acids is 1. The second-order valence-corrected chi connectivity index (χ2v) is 8.05. The van der Waals surface area contributed by atoms with Gasteiger partial charge >= 0.3 is 12.0 Å². The summed E-state index contributed by atoms with van der Waals surface area (Å²) in [4.78, 5) is 23.2. The molecule has 20 heavy (non-hydrogen) atoms. The number of amides is 2. The molecule has 1 fully saturated rings. The molecule has 1 aliphatic rings. The van der Waals surface area contributed by atoms with Crippen molar-refractivity contribution in [1.82, 2.24) is 10.6 Å². The van der Waals surface area contributed by atoms with Gasteiger partial charge in [0.15, 0.2) is 9.84 Å². The van der Waals surface area contributed by atoms with Crippen molar-refractivity contribution < 1.29 is 23.1 Å². The third-order valence-electron chi connectivity index (χ3n) is 3.53. The number of hydrogen-bond donors (Lipinski definition) is 3. The Hall–Kier alpha value is -1.31. The molecule has 8 heteroatoms. The van der Waals surface area contributed by atoms with Crippen LogP contribution in [0.1, 0.15) is 40.0 Å². The standard InChI is InChI=1S/C12H22N2O5S/c1-4-5-12(3,9(15)16)14-10(17)13-11(2)6-7-20(18,19)8-11/h4-8H2,1-3H3,(H,15,16)(H2,13,14,17). The zero-order valence-corrected chi connectivity index (χ0v) is 12.8. The number of hydrogen-bond acceptors (Lipinski definition) is 4. The van der Waals surface area contributed by atoms with Gasteiger partial charge in [0.05, 0.1) is 17.0 Å². The van der Waals surface area contributed by atoms with Crippen LogP contribution in [0, 0.1) is 0 Å². The molecule has 0 saturated carbocycles. The van der Waals surface area contributed by atoms with E-state index >= 15 is 0 Å². The van der Waals surface area contributed by atoms with Gasteiger partial charge < -0.3 is 15.7 Å². The van der Waals surface area contributed by atoms with Gasteiger partial charge in [-0.15, -0.1) is 0 Å². The van der Waals surface area contributed by atoms with Crippen LogP contribution in [0.25, 0.3) is 0 Å². The van der Waals surface area contributed by atoms with E-state index in [9.17, 15) is 23.1 Å². The number of nitrogens with one attached hydrogen (secondary N) is 2. The molecule has 0 bridgehead atoms. The molecular weight excluding hydrogens is 284 g/mol. The molecule has 2 amide bonds. The van der Waals surface area contributed by atoms with Crippen LogP contribution in [0.15, 0.2) is 0 Å². The first kappa shape index (κ1) is 16.7. The first-order chi connectivity index (χ1) is 9.02. The van der Waals surface area contributed by atoms with E-state index in [1.54, 1.807) is 6.92 Å². The predicted molar refractivity (Wildman–Crippen MR) is 74.3 cm³/mol. The van der Waals surface area contributed by atoms with Crippen molar-refractivity contribution in [1.29, 1.82) is 0 Å². The molecule has 3 N–H and O–H groups in total. The topological polar surface area (TPSA) is 113 Å². The van der Waals surface area contributed by atoms with Gasteiger partial charge in [-0.2, -0.15) is 0 Å². The highest BCUT2D eigenvalue weighted by Gasteiger charge is 2.41. The minimum Gasteiger partial charge on any atom is -0.480 e. The molecule has 1 heterocycles. The van der Waals surface area contributed by atoms with Crippen molar-refractivity contribution in [2.24, 2.45) is 0 Å². The van der Waals surface area contributed by atoms with E-state index in [2.05, 4.69) is 10.6 Å². The van der Waals surface area contributed by atoms with E-state index < -0.39 is 32.9 Å². The van der Waals surface area contributed by atoms with Crippen molar-refractivity contribution in [3.05, 3.63) is 0 Å². The summed E-state index contributed by atoms with van der Waals surface area (Å²) in [6, 6.07) is -0.650. The molecule has 0 radical (unpaired) electrons. The summed E-state index contributed by atoms with van der Waals surface area (Å²) in [5.41, 5.74) is -2.19. The van der Waals surface area contributed by atoms with E-state index in [-0.39, 0.29) is 11.5 Å². The van der Waals surface area contributed by atoms with Gasteiger partial charge in [0, 0.05) is 0 Å². The monoisotopic (exact) mass is 306 g/mol. The molecule has 0 aliphatic carbocycles. The highest BCUT2D eigenvalue weighted by molar-refractivity contribution is 7.91. The normalized spacial score (nSPS) is 27.6. The Bertz CT molecular complexity index is 504. The number of sulfone groups is 1. The molecule has 7 nitrogen and oxygen atoms in total. The zero-order valence-electron chi connectivity index (χ0n) is 12.0. The molecule has 116 valence electrons. The summed E-state index contributed by atoms with van der Waals surface area (Å²) in [6.45, 7) is 4.91. The van der Waals surface area contributed by atoms with Crippen LogP contribution in [0.5, 0.6) is 0 Å². The lowest BCUT2D eigenvalue weighted by molar-refractivity contribution is -0.144. The van der Waals surface area contributed by atoms with Gasteiger partial charge in [-0.3, -0.25) is 0 Å². The second-order valence-electron chi connectivity index (χ2n) is 5.87. The summed E-state index contributed by atoms with van der Waals surface area (Å²) in [6.07, 6.45) is 1.24. The molecule has 0 aromatic heterocycles. The highest BCUT2D eigenvalue weighted by Crippen LogP contribution is 2.23. The van der Waals surface area contributed by atoms with Gasteiger partial charge in [-0.1, -0.05) is 13.3 Å².